The minimum absolute atomic E-state index is 0.0869. The molecule has 0 spiro atoms. The number of aromatic nitrogens is 1. The number of esters is 1. The number of rotatable bonds is 7. The van der Waals surface area contributed by atoms with Gasteiger partial charge in [0.05, 0.1) is 35.6 Å². The van der Waals surface area contributed by atoms with Crippen LogP contribution in [0.25, 0.3) is 6.08 Å². The number of allylic oxidation sites excluding steroid dienone is 1. The zero-order chi connectivity index (χ0) is 25.1. The van der Waals surface area contributed by atoms with Gasteiger partial charge in [0.1, 0.15) is 17.5 Å². The van der Waals surface area contributed by atoms with E-state index in [9.17, 15) is 9.59 Å². The van der Waals surface area contributed by atoms with Gasteiger partial charge >= 0.3 is 5.97 Å². The maximum absolute atomic E-state index is 13.8. The van der Waals surface area contributed by atoms with Crippen molar-refractivity contribution in [2.24, 2.45) is 4.99 Å². The minimum atomic E-state index is -0.729. The maximum Gasteiger partial charge on any atom is 0.338 e. The smallest absolute Gasteiger partial charge is 0.338 e. The van der Waals surface area contributed by atoms with Crippen molar-refractivity contribution < 1.29 is 19.0 Å². The van der Waals surface area contributed by atoms with Crippen LogP contribution in [0.3, 0.4) is 0 Å². The maximum atomic E-state index is 13.8. The van der Waals surface area contributed by atoms with Crippen molar-refractivity contribution in [1.29, 1.82) is 0 Å². The standard InChI is InChI=1S/C27H28N2O5S/c1-6-33-26(31)23-17(4)28-27-29(24(23)20-12-7-8-13-21(20)34-16(2)3)25(30)22(35-27)15-18-10-9-11-19(14-18)32-5/h7-16,24H,6H2,1-5H3/b22-15-. The number of nitrogens with zero attached hydrogens (tertiary/aromatic N) is 2. The number of benzene rings is 2. The molecule has 1 aliphatic heterocycles. The molecule has 8 heteroatoms. The number of thiazole rings is 1. The fourth-order valence-corrected chi connectivity index (χ4v) is 5.08. The molecular weight excluding hydrogens is 464 g/mol. The molecule has 0 saturated heterocycles. The van der Waals surface area contributed by atoms with Crippen LogP contribution in [-0.2, 0) is 9.53 Å². The molecule has 35 heavy (non-hydrogen) atoms. The molecular formula is C27H28N2O5S. The van der Waals surface area contributed by atoms with Crippen molar-refractivity contribution in [3.63, 3.8) is 0 Å². The second-order valence-electron chi connectivity index (χ2n) is 8.28. The van der Waals surface area contributed by atoms with Crippen LogP contribution >= 0.6 is 11.3 Å². The summed E-state index contributed by atoms with van der Waals surface area (Å²) in [5.74, 6) is 0.802. The van der Waals surface area contributed by atoms with E-state index in [4.69, 9.17) is 14.2 Å². The number of methoxy groups -OCH3 is 1. The number of fused-ring (bicyclic) bond motifs is 1. The summed E-state index contributed by atoms with van der Waals surface area (Å²) in [6.07, 6.45) is 1.72. The average Bonchev–Trinajstić information content (AvgIpc) is 3.13. The molecule has 0 fully saturated rings. The monoisotopic (exact) mass is 492 g/mol. The third-order valence-corrected chi connectivity index (χ3v) is 6.47. The van der Waals surface area contributed by atoms with Crippen LogP contribution in [0.15, 0.2) is 69.6 Å². The predicted molar refractivity (Wildman–Crippen MR) is 136 cm³/mol. The van der Waals surface area contributed by atoms with Gasteiger partial charge in [0.15, 0.2) is 4.80 Å². The van der Waals surface area contributed by atoms with Gasteiger partial charge in [-0.1, -0.05) is 41.7 Å². The first-order valence-corrected chi connectivity index (χ1v) is 12.2. The van der Waals surface area contributed by atoms with Crippen molar-refractivity contribution in [3.05, 3.63) is 90.6 Å². The number of hydrogen-bond acceptors (Lipinski definition) is 7. The van der Waals surface area contributed by atoms with Crippen LogP contribution in [0.1, 0.15) is 44.9 Å². The van der Waals surface area contributed by atoms with Crippen LogP contribution in [0.5, 0.6) is 11.5 Å². The third kappa shape index (κ3) is 4.93. The summed E-state index contributed by atoms with van der Waals surface area (Å²) in [5, 5.41) is 0. The van der Waals surface area contributed by atoms with Gasteiger partial charge in [0, 0.05) is 5.56 Å². The summed E-state index contributed by atoms with van der Waals surface area (Å²) in [4.78, 5) is 32.0. The highest BCUT2D eigenvalue weighted by Gasteiger charge is 2.35. The first-order chi connectivity index (χ1) is 16.8. The van der Waals surface area contributed by atoms with Crippen LogP contribution in [-0.4, -0.2) is 30.4 Å². The molecule has 3 aromatic rings. The molecule has 0 N–H and O–H groups in total. The lowest BCUT2D eigenvalue weighted by Gasteiger charge is -2.26. The summed E-state index contributed by atoms with van der Waals surface area (Å²) in [6.45, 7) is 7.60. The van der Waals surface area contributed by atoms with E-state index in [1.807, 2.05) is 68.5 Å². The highest BCUT2D eigenvalue weighted by atomic mass is 32.1. The Morgan fingerprint density at radius 2 is 1.97 bits per heavy atom. The molecule has 4 rings (SSSR count). The van der Waals surface area contributed by atoms with Gasteiger partial charge in [-0.25, -0.2) is 9.79 Å². The molecule has 182 valence electrons. The van der Waals surface area contributed by atoms with E-state index in [2.05, 4.69) is 4.99 Å². The number of ether oxygens (including phenoxy) is 3. The molecule has 1 atom stereocenters. The SMILES string of the molecule is CCOC(=O)C1=C(C)N=c2s/c(=C\c3cccc(OC)c3)c(=O)n2C1c1ccccc1OC(C)C. The van der Waals surface area contributed by atoms with Gasteiger partial charge in [-0.15, -0.1) is 0 Å². The van der Waals surface area contributed by atoms with E-state index in [0.717, 1.165) is 5.56 Å². The Bertz CT molecular complexity index is 1470. The van der Waals surface area contributed by atoms with Gasteiger partial charge in [-0.05, 0) is 57.5 Å². The van der Waals surface area contributed by atoms with Gasteiger partial charge in [-0.2, -0.15) is 0 Å². The molecule has 2 aromatic carbocycles. The van der Waals surface area contributed by atoms with Crippen molar-refractivity contribution in [2.45, 2.75) is 39.8 Å². The van der Waals surface area contributed by atoms with Gasteiger partial charge in [0.25, 0.3) is 5.56 Å². The highest BCUT2D eigenvalue weighted by molar-refractivity contribution is 7.07. The summed E-state index contributed by atoms with van der Waals surface area (Å²) < 4.78 is 18.8. The largest absolute Gasteiger partial charge is 0.497 e. The topological polar surface area (TPSA) is 79.1 Å². The van der Waals surface area contributed by atoms with Gasteiger partial charge in [-0.3, -0.25) is 9.36 Å². The van der Waals surface area contributed by atoms with E-state index in [-0.39, 0.29) is 18.3 Å². The second kappa shape index (κ2) is 10.3. The molecule has 1 unspecified atom stereocenters. The normalized spacial score (nSPS) is 15.6. The average molecular weight is 493 g/mol. The van der Waals surface area contributed by atoms with E-state index < -0.39 is 12.0 Å². The zero-order valence-electron chi connectivity index (χ0n) is 20.4. The molecule has 2 heterocycles. The summed E-state index contributed by atoms with van der Waals surface area (Å²) >= 11 is 1.28. The first-order valence-electron chi connectivity index (χ1n) is 11.4. The Labute approximate surface area is 207 Å². The third-order valence-electron chi connectivity index (χ3n) is 5.48. The molecule has 7 nitrogen and oxygen atoms in total. The fraction of sp³-hybridized carbons (Fsp3) is 0.296. The quantitative estimate of drug-likeness (QED) is 0.471. The summed E-state index contributed by atoms with van der Waals surface area (Å²) in [6, 6.07) is 14.2. The van der Waals surface area contributed by atoms with E-state index in [0.29, 0.717) is 37.7 Å². The Morgan fingerprint density at radius 1 is 1.20 bits per heavy atom. The highest BCUT2D eigenvalue weighted by Crippen LogP contribution is 2.36. The molecule has 0 bridgehead atoms. The van der Waals surface area contributed by atoms with Gasteiger partial charge < -0.3 is 14.2 Å². The van der Waals surface area contributed by atoms with Crippen LogP contribution in [0.4, 0.5) is 0 Å². The van der Waals surface area contributed by atoms with Crippen LogP contribution < -0.4 is 24.4 Å². The number of hydrogen-bond donors (Lipinski definition) is 0. The van der Waals surface area contributed by atoms with Crippen molar-refractivity contribution >= 4 is 23.4 Å². The predicted octanol–water partition coefficient (Wildman–Crippen LogP) is 3.59. The Kier molecular flexibility index (Phi) is 7.21. The molecule has 0 aliphatic carbocycles. The van der Waals surface area contributed by atoms with Crippen LogP contribution in [0.2, 0.25) is 0 Å². The van der Waals surface area contributed by atoms with E-state index >= 15 is 0 Å². The van der Waals surface area contributed by atoms with Crippen LogP contribution in [0, 0.1) is 0 Å². The molecule has 0 saturated carbocycles. The van der Waals surface area contributed by atoms with E-state index in [1.165, 1.54) is 11.3 Å². The number of carbonyl (C=O) groups is 1. The number of carbonyl (C=O) groups excluding carboxylic acids is 1. The Morgan fingerprint density at radius 3 is 2.69 bits per heavy atom. The summed E-state index contributed by atoms with van der Waals surface area (Å²) in [5.41, 5.74) is 2.13. The summed E-state index contributed by atoms with van der Waals surface area (Å²) in [7, 11) is 1.60. The van der Waals surface area contributed by atoms with Crippen molar-refractivity contribution in [1.82, 2.24) is 4.57 Å². The fourth-order valence-electron chi connectivity index (χ4n) is 4.04. The molecule has 0 radical (unpaired) electrons. The second-order valence-corrected chi connectivity index (χ2v) is 9.29. The first kappa shape index (κ1) is 24.5. The minimum Gasteiger partial charge on any atom is -0.497 e. The zero-order valence-corrected chi connectivity index (χ0v) is 21.2. The Hall–Kier alpha value is -3.65. The number of para-hydroxylation sites is 1. The van der Waals surface area contributed by atoms with Crippen molar-refractivity contribution in [3.8, 4) is 11.5 Å². The van der Waals surface area contributed by atoms with Gasteiger partial charge in [0.2, 0.25) is 0 Å². The van der Waals surface area contributed by atoms with Crippen molar-refractivity contribution in [2.75, 3.05) is 13.7 Å². The lowest BCUT2D eigenvalue weighted by molar-refractivity contribution is -0.139. The Balaban J connectivity index is 1.97. The molecule has 1 aliphatic rings. The van der Waals surface area contributed by atoms with E-state index in [1.54, 1.807) is 25.5 Å². The molecule has 1 aromatic heterocycles. The molecule has 0 amide bonds. The lowest BCUT2D eigenvalue weighted by Crippen LogP contribution is -2.40. The lowest BCUT2D eigenvalue weighted by atomic mass is 9.95.